The van der Waals surface area contributed by atoms with Gasteiger partial charge >= 0.3 is 0 Å². The van der Waals surface area contributed by atoms with Gasteiger partial charge in [0.15, 0.2) is 0 Å². The minimum atomic E-state index is -3.96. The van der Waals surface area contributed by atoms with E-state index in [0.29, 0.717) is 5.56 Å². The Labute approximate surface area is 128 Å². The quantitative estimate of drug-likeness (QED) is 0.749. The Morgan fingerprint density at radius 1 is 1.29 bits per heavy atom. The first kappa shape index (κ1) is 16.5. The van der Waals surface area contributed by atoms with Gasteiger partial charge in [0.1, 0.15) is 10.6 Å². The van der Waals surface area contributed by atoms with Crippen LogP contribution in [-0.4, -0.2) is 29.7 Å². The SMILES string of the molecule is COc1ccc(CNS(=O)(=O)CC2CC2)cc1S(=O)(=O)Cl. The van der Waals surface area contributed by atoms with Crippen molar-refractivity contribution >= 4 is 29.8 Å². The van der Waals surface area contributed by atoms with Crippen molar-refractivity contribution in [2.75, 3.05) is 12.9 Å². The molecule has 0 radical (unpaired) electrons. The van der Waals surface area contributed by atoms with E-state index in [1.54, 1.807) is 6.07 Å². The van der Waals surface area contributed by atoms with Gasteiger partial charge in [0.2, 0.25) is 10.0 Å². The normalized spacial score (nSPS) is 15.9. The Morgan fingerprint density at radius 3 is 2.48 bits per heavy atom. The number of ether oxygens (including phenoxy) is 1. The number of hydrogen-bond acceptors (Lipinski definition) is 5. The molecule has 0 atom stereocenters. The molecule has 0 bridgehead atoms. The van der Waals surface area contributed by atoms with Crippen LogP contribution >= 0.6 is 10.7 Å². The lowest BCUT2D eigenvalue weighted by molar-refractivity contribution is 0.403. The molecule has 1 fully saturated rings. The summed E-state index contributed by atoms with van der Waals surface area (Å²) in [6, 6.07) is 4.34. The highest BCUT2D eigenvalue weighted by molar-refractivity contribution is 8.13. The zero-order valence-electron chi connectivity index (χ0n) is 11.4. The molecule has 0 unspecified atom stereocenters. The molecule has 1 aliphatic carbocycles. The summed E-state index contributed by atoms with van der Waals surface area (Å²) in [5, 5.41) is 0. The second-order valence-corrected chi connectivity index (χ2v) is 9.35. The summed E-state index contributed by atoms with van der Waals surface area (Å²) in [5.74, 6) is 0.482. The van der Waals surface area contributed by atoms with E-state index in [-0.39, 0.29) is 28.9 Å². The van der Waals surface area contributed by atoms with Crippen molar-refractivity contribution in [2.45, 2.75) is 24.3 Å². The van der Waals surface area contributed by atoms with Gasteiger partial charge in [-0.25, -0.2) is 21.6 Å². The third-order valence-corrected chi connectivity index (χ3v) is 5.98. The van der Waals surface area contributed by atoms with Crippen LogP contribution in [0.5, 0.6) is 5.75 Å². The lowest BCUT2D eigenvalue weighted by Gasteiger charge is -2.09. The van der Waals surface area contributed by atoms with Crippen LogP contribution in [0.3, 0.4) is 0 Å². The number of benzene rings is 1. The molecule has 1 saturated carbocycles. The summed E-state index contributed by atoms with van der Waals surface area (Å²) in [5.41, 5.74) is 0.495. The summed E-state index contributed by atoms with van der Waals surface area (Å²) in [6.45, 7) is 0.0124. The fraction of sp³-hybridized carbons (Fsp3) is 0.500. The van der Waals surface area contributed by atoms with E-state index in [4.69, 9.17) is 15.4 Å². The molecule has 6 nitrogen and oxygen atoms in total. The number of sulfonamides is 1. The van der Waals surface area contributed by atoms with Crippen molar-refractivity contribution < 1.29 is 21.6 Å². The number of halogens is 1. The Balaban J connectivity index is 2.13. The molecular formula is C12H16ClNO5S2. The van der Waals surface area contributed by atoms with Gasteiger partial charge in [-0.1, -0.05) is 6.07 Å². The van der Waals surface area contributed by atoms with Gasteiger partial charge in [0, 0.05) is 17.2 Å². The molecule has 0 aliphatic heterocycles. The van der Waals surface area contributed by atoms with Gasteiger partial charge < -0.3 is 4.74 Å². The fourth-order valence-electron chi connectivity index (χ4n) is 1.87. The zero-order valence-corrected chi connectivity index (χ0v) is 13.8. The number of methoxy groups -OCH3 is 1. The minimum Gasteiger partial charge on any atom is -0.495 e. The zero-order chi connectivity index (χ0) is 15.7. The molecule has 1 N–H and O–H groups in total. The van der Waals surface area contributed by atoms with Crippen molar-refractivity contribution in [2.24, 2.45) is 5.92 Å². The van der Waals surface area contributed by atoms with Crippen LogP contribution in [0, 0.1) is 5.92 Å². The first-order valence-electron chi connectivity index (χ1n) is 6.30. The molecule has 0 spiro atoms. The highest BCUT2D eigenvalue weighted by Gasteiger charge is 2.27. The van der Waals surface area contributed by atoms with E-state index in [1.165, 1.54) is 19.2 Å². The molecule has 9 heteroatoms. The average molecular weight is 354 g/mol. The van der Waals surface area contributed by atoms with Gasteiger partial charge in [-0.2, -0.15) is 0 Å². The van der Waals surface area contributed by atoms with Crippen LogP contribution in [0.4, 0.5) is 0 Å². The van der Waals surface area contributed by atoms with Gasteiger partial charge in [-0.05, 0) is 36.5 Å². The molecular weight excluding hydrogens is 338 g/mol. The Kier molecular flexibility index (Phi) is 4.82. The maximum Gasteiger partial charge on any atom is 0.264 e. The maximum absolute atomic E-state index is 11.8. The third-order valence-electron chi connectivity index (χ3n) is 3.14. The predicted octanol–water partition coefficient (Wildman–Crippen LogP) is 1.45. The summed E-state index contributed by atoms with van der Waals surface area (Å²) < 4.78 is 53.9. The first-order valence-corrected chi connectivity index (χ1v) is 10.3. The number of nitrogens with one attached hydrogen (secondary N) is 1. The highest BCUT2D eigenvalue weighted by Crippen LogP contribution is 2.30. The van der Waals surface area contributed by atoms with Crippen molar-refractivity contribution in [3.63, 3.8) is 0 Å². The summed E-state index contributed by atoms with van der Waals surface area (Å²) in [4.78, 5) is -0.175. The average Bonchev–Trinajstić information content (AvgIpc) is 3.18. The molecule has 0 amide bonds. The predicted molar refractivity (Wildman–Crippen MR) is 79.4 cm³/mol. The molecule has 0 aromatic heterocycles. The van der Waals surface area contributed by atoms with Gasteiger partial charge in [-0.15, -0.1) is 0 Å². The van der Waals surface area contributed by atoms with Crippen molar-refractivity contribution in [3.05, 3.63) is 23.8 Å². The topological polar surface area (TPSA) is 89.5 Å². The van der Waals surface area contributed by atoms with Crippen LogP contribution < -0.4 is 9.46 Å². The second kappa shape index (κ2) is 6.12. The fourth-order valence-corrected chi connectivity index (χ4v) is 4.37. The third kappa shape index (κ3) is 4.84. The molecule has 1 aliphatic rings. The van der Waals surface area contributed by atoms with E-state index in [0.717, 1.165) is 12.8 Å². The smallest absolute Gasteiger partial charge is 0.264 e. The number of rotatable bonds is 7. The molecule has 1 aromatic carbocycles. The minimum absolute atomic E-state index is 0.0124. The molecule has 2 rings (SSSR count). The van der Waals surface area contributed by atoms with E-state index in [1.807, 2.05) is 0 Å². The summed E-state index contributed by atoms with van der Waals surface area (Å²) >= 11 is 0. The van der Waals surface area contributed by atoms with E-state index < -0.39 is 19.1 Å². The van der Waals surface area contributed by atoms with Crippen LogP contribution in [0.2, 0.25) is 0 Å². The highest BCUT2D eigenvalue weighted by atomic mass is 35.7. The Bertz CT molecular complexity index is 726. The Hall–Kier alpha value is -0.830. The standard InChI is InChI=1S/C12H16ClNO5S2/c1-19-11-5-4-10(6-12(11)21(13,17)18)7-14-20(15,16)8-9-2-3-9/h4-6,9,14H,2-3,7-8H2,1H3. The molecule has 1 aromatic rings. The second-order valence-electron chi connectivity index (χ2n) is 4.97. The molecule has 0 saturated heterocycles. The lowest BCUT2D eigenvalue weighted by atomic mass is 10.2. The van der Waals surface area contributed by atoms with E-state index >= 15 is 0 Å². The summed E-state index contributed by atoms with van der Waals surface area (Å²) in [7, 11) is -0.638. The van der Waals surface area contributed by atoms with Crippen LogP contribution in [0.15, 0.2) is 23.1 Å². The number of hydrogen-bond donors (Lipinski definition) is 1. The molecule has 118 valence electrons. The van der Waals surface area contributed by atoms with E-state index in [9.17, 15) is 16.8 Å². The van der Waals surface area contributed by atoms with Gasteiger partial charge in [0.05, 0.1) is 12.9 Å². The van der Waals surface area contributed by atoms with Crippen LogP contribution in [0.1, 0.15) is 18.4 Å². The molecule has 21 heavy (non-hydrogen) atoms. The van der Waals surface area contributed by atoms with Crippen LogP contribution in [0.25, 0.3) is 0 Å². The lowest BCUT2D eigenvalue weighted by Crippen LogP contribution is -2.26. The summed E-state index contributed by atoms with van der Waals surface area (Å²) in [6.07, 6.45) is 1.89. The van der Waals surface area contributed by atoms with Gasteiger partial charge in [-0.3, -0.25) is 0 Å². The van der Waals surface area contributed by atoms with E-state index in [2.05, 4.69) is 4.72 Å². The first-order chi connectivity index (χ1) is 9.71. The maximum atomic E-state index is 11.8. The Morgan fingerprint density at radius 2 is 1.95 bits per heavy atom. The monoisotopic (exact) mass is 353 g/mol. The van der Waals surface area contributed by atoms with Gasteiger partial charge in [0.25, 0.3) is 9.05 Å². The van der Waals surface area contributed by atoms with Crippen LogP contribution in [-0.2, 0) is 25.6 Å². The van der Waals surface area contributed by atoms with Crippen molar-refractivity contribution in [3.8, 4) is 5.75 Å². The van der Waals surface area contributed by atoms with Crippen molar-refractivity contribution in [1.29, 1.82) is 0 Å². The largest absolute Gasteiger partial charge is 0.495 e. The van der Waals surface area contributed by atoms with Crippen molar-refractivity contribution in [1.82, 2.24) is 4.72 Å². The molecule has 0 heterocycles.